The van der Waals surface area contributed by atoms with Crippen molar-refractivity contribution in [3.8, 4) is 0 Å². The first-order chi connectivity index (χ1) is 7.70. The maximum absolute atomic E-state index is 13.0. The van der Waals surface area contributed by atoms with Crippen LogP contribution in [0.4, 0.5) is 4.39 Å². The molecule has 2 aromatic rings. The van der Waals surface area contributed by atoms with Crippen LogP contribution in [0.15, 0.2) is 16.5 Å². The zero-order valence-corrected chi connectivity index (χ0v) is 9.43. The predicted molar refractivity (Wildman–Crippen MR) is 61.0 cm³/mol. The Morgan fingerprint density at radius 2 is 2.19 bits per heavy atom. The fourth-order valence-electron chi connectivity index (χ4n) is 1.53. The molecule has 0 amide bonds. The van der Waals surface area contributed by atoms with Gasteiger partial charge in [-0.2, -0.15) is 0 Å². The van der Waals surface area contributed by atoms with Gasteiger partial charge >= 0.3 is 0 Å². The van der Waals surface area contributed by atoms with E-state index < -0.39 is 5.82 Å². The molecule has 1 heterocycles. The van der Waals surface area contributed by atoms with Gasteiger partial charge in [0.25, 0.3) is 0 Å². The lowest BCUT2D eigenvalue weighted by molar-refractivity contribution is 0.515. The number of oxazole rings is 1. The van der Waals surface area contributed by atoms with E-state index in [1.54, 1.807) is 0 Å². The number of unbranched alkanes of at least 4 members (excludes halogenated alkanes) is 1. The van der Waals surface area contributed by atoms with E-state index in [1.165, 1.54) is 12.1 Å². The van der Waals surface area contributed by atoms with Crippen LogP contribution in [-0.2, 0) is 6.42 Å². The van der Waals surface area contributed by atoms with E-state index in [2.05, 4.69) is 4.98 Å². The molecule has 0 bridgehead atoms. The maximum atomic E-state index is 13.0. The van der Waals surface area contributed by atoms with Crippen molar-refractivity contribution in [1.29, 1.82) is 0 Å². The third-order valence-corrected chi connectivity index (χ3v) is 2.58. The summed E-state index contributed by atoms with van der Waals surface area (Å²) < 4.78 is 18.5. The first kappa shape index (κ1) is 11.4. The molecule has 0 aliphatic heterocycles. The highest BCUT2D eigenvalue weighted by Crippen LogP contribution is 2.26. The third kappa shape index (κ3) is 2.33. The minimum Gasteiger partial charge on any atom is -0.439 e. The fraction of sp³-hybridized carbons (Fsp3) is 0.364. The van der Waals surface area contributed by atoms with Crippen molar-refractivity contribution in [2.24, 2.45) is 5.73 Å². The number of halogens is 2. The second kappa shape index (κ2) is 4.80. The van der Waals surface area contributed by atoms with Crippen LogP contribution in [0.25, 0.3) is 11.1 Å². The standard InChI is InChI=1S/C11H12ClFN2O/c12-8-5-7(13)6-9-11(8)16-10(15-9)3-1-2-4-14/h5-6H,1-4,14H2. The molecule has 5 heteroatoms. The summed E-state index contributed by atoms with van der Waals surface area (Å²) in [5, 5.41) is 0.257. The van der Waals surface area contributed by atoms with Crippen molar-refractivity contribution in [3.05, 3.63) is 28.9 Å². The molecule has 0 spiro atoms. The number of nitrogens with two attached hydrogens (primary N) is 1. The highest BCUT2D eigenvalue weighted by molar-refractivity contribution is 6.34. The number of rotatable bonds is 4. The van der Waals surface area contributed by atoms with Crippen LogP contribution in [0.1, 0.15) is 18.7 Å². The molecule has 0 radical (unpaired) electrons. The van der Waals surface area contributed by atoms with Gasteiger partial charge in [0.15, 0.2) is 11.5 Å². The average molecular weight is 243 g/mol. The van der Waals surface area contributed by atoms with Gasteiger partial charge in [0.2, 0.25) is 0 Å². The monoisotopic (exact) mass is 242 g/mol. The lowest BCUT2D eigenvalue weighted by atomic mass is 10.2. The highest BCUT2D eigenvalue weighted by Gasteiger charge is 2.10. The number of fused-ring (bicyclic) bond motifs is 1. The molecule has 0 aliphatic rings. The van der Waals surface area contributed by atoms with E-state index >= 15 is 0 Å². The van der Waals surface area contributed by atoms with E-state index in [0.717, 1.165) is 12.8 Å². The van der Waals surface area contributed by atoms with Crippen LogP contribution in [0, 0.1) is 5.82 Å². The SMILES string of the molecule is NCCCCc1nc2cc(F)cc(Cl)c2o1. The van der Waals surface area contributed by atoms with Gasteiger partial charge in [-0.25, -0.2) is 9.37 Å². The molecule has 0 atom stereocenters. The number of benzene rings is 1. The number of aryl methyl sites for hydroxylation is 1. The van der Waals surface area contributed by atoms with Crippen LogP contribution in [-0.4, -0.2) is 11.5 Å². The summed E-state index contributed by atoms with van der Waals surface area (Å²) in [5.41, 5.74) is 6.31. The maximum Gasteiger partial charge on any atom is 0.195 e. The van der Waals surface area contributed by atoms with E-state index in [-0.39, 0.29) is 5.02 Å². The summed E-state index contributed by atoms with van der Waals surface area (Å²) in [7, 11) is 0. The lowest BCUT2D eigenvalue weighted by Gasteiger charge is -1.93. The highest BCUT2D eigenvalue weighted by atomic mass is 35.5. The third-order valence-electron chi connectivity index (χ3n) is 2.30. The average Bonchev–Trinajstić information content (AvgIpc) is 2.61. The van der Waals surface area contributed by atoms with Crippen LogP contribution >= 0.6 is 11.6 Å². The van der Waals surface area contributed by atoms with Gasteiger partial charge in [-0.3, -0.25) is 0 Å². The van der Waals surface area contributed by atoms with Gasteiger partial charge in [0.05, 0.1) is 5.02 Å². The molecule has 0 unspecified atom stereocenters. The summed E-state index contributed by atoms with van der Waals surface area (Å²) in [5.74, 6) is 0.176. The van der Waals surface area contributed by atoms with E-state index in [1.807, 2.05) is 0 Å². The Hall–Kier alpha value is -1.13. The number of nitrogens with zero attached hydrogens (tertiary/aromatic N) is 1. The zero-order valence-electron chi connectivity index (χ0n) is 8.67. The molecule has 1 aromatic heterocycles. The number of hydrogen-bond donors (Lipinski definition) is 1. The summed E-state index contributed by atoms with van der Waals surface area (Å²) >= 11 is 5.84. The molecule has 0 aliphatic carbocycles. The molecule has 16 heavy (non-hydrogen) atoms. The summed E-state index contributed by atoms with van der Waals surface area (Å²) in [6.07, 6.45) is 2.52. The molecular formula is C11H12ClFN2O. The first-order valence-electron chi connectivity index (χ1n) is 5.15. The van der Waals surface area contributed by atoms with Gasteiger partial charge in [-0.1, -0.05) is 11.6 Å². The second-order valence-corrected chi connectivity index (χ2v) is 4.00. The van der Waals surface area contributed by atoms with Gasteiger partial charge in [-0.15, -0.1) is 0 Å². The Morgan fingerprint density at radius 3 is 2.94 bits per heavy atom. The molecule has 0 saturated heterocycles. The Kier molecular flexibility index (Phi) is 3.41. The predicted octanol–water partition coefficient (Wildman–Crippen LogP) is 2.90. The van der Waals surface area contributed by atoms with E-state index in [4.69, 9.17) is 21.8 Å². The second-order valence-electron chi connectivity index (χ2n) is 3.59. The molecule has 1 aromatic carbocycles. The number of hydrogen-bond acceptors (Lipinski definition) is 3. The molecule has 86 valence electrons. The summed E-state index contributed by atoms with van der Waals surface area (Å²) in [6, 6.07) is 2.54. The van der Waals surface area contributed by atoms with Crippen molar-refractivity contribution >= 4 is 22.7 Å². The van der Waals surface area contributed by atoms with Crippen LogP contribution in [0.3, 0.4) is 0 Å². The van der Waals surface area contributed by atoms with Gasteiger partial charge < -0.3 is 10.2 Å². The van der Waals surface area contributed by atoms with E-state index in [9.17, 15) is 4.39 Å². The normalized spacial score (nSPS) is 11.2. The number of aromatic nitrogens is 1. The van der Waals surface area contributed by atoms with E-state index in [0.29, 0.717) is 30.0 Å². The minimum absolute atomic E-state index is 0.257. The Morgan fingerprint density at radius 1 is 1.38 bits per heavy atom. The smallest absolute Gasteiger partial charge is 0.195 e. The Balaban J connectivity index is 2.26. The molecule has 0 saturated carbocycles. The molecule has 0 fully saturated rings. The van der Waals surface area contributed by atoms with Crippen LogP contribution in [0.5, 0.6) is 0 Å². The quantitative estimate of drug-likeness (QED) is 0.839. The van der Waals surface area contributed by atoms with Gasteiger partial charge in [-0.05, 0) is 25.5 Å². The van der Waals surface area contributed by atoms with Crippen molar-refractivity contribution in [1.82, 2.24) is 4.98 Å². The topological polar surface area (TPSA) is 52.0 Å². The molecular weight excluding hydrogens is 231 g/mol. The van der Waals surface area contributed by atoms with Crippen molar-refractivity contribution in [3.63, 3.8) is 0 Å². The van der Waals surface area contributed by atoms with Gasteiger partial charge in [0, 0.05) is 12.5 Å². The molecule has 2 N–H and O–H groups in total. The van der Waals surface area contributed by atoms with Crippen molar-refractivity contribution < 1.29 is 8.81 Å². The Labute approximate surface area is 97.4 Å². The minimum atomic E-state index is -0.403. The van der Waals surface area contributed by atoms with Crippen molar-refractivity contribution in [2.75, 3.05) is 6.54 Å². The van der Waals surface area contributed by atoms with Gasteiger partial charge in [0.1, 0.15) is 11.3 Å². The zero-order chi connectivity index (χ0) is 11.5. The summed E-state index contributed by atoms with van der Waals surface area (Å²) in [4.78, 5) is 4.17. The molecule has 3 nitrogen and oxygen atoms in total. The van der Waals surface area contributed by atoms with Crippen molar-refractivity contribution in [2.45, 2.75) is 19.3 Å². The first-order valence-corrected chi connectivity index (χ1v) is 5.53. The molecule has 2 rings (SSSR count). The lowest BCUT2D eigenvalue weighted by Crippen LogP contribution is -1.98. The van der Waals surface area contributed by atoms with Crippen LogP contribution in [0.2, 0.25) is 5.02 Å². The van der Waals surface area contributed by atoms with Crippen LogP contribution < -0.4 is 5.73 Å². The summed E-state index contributed by atoms with van der Waals surface area (Å²) in [6.45, 7) is 0.648. The largest absolute Gasteiger partial charge is 0.439 e. The Bertz CT molecular complexity index is 498. The fourth-order valence-corrected chi connectivity index (χ4v) is 1.77.